The van der Waals surface area contributed by atoms with Crippen LogP contribution in [0.3, 0.4) is 0 Å². The quantitative estimate of drug-likeness (QED) is 0.701. The summed E-state index contributed by atoms with van der Waals surface area (Å²) in [7, 11) is -4.14. The minimum Gasteiger partial charge on any atom is -0.478 e. The SMILES string of the molecule is CC(C)CC(O)CNS(=O)(=O)c1ccc(C(=O)O)cc1F. The number of nitrogens with one attached hydrogen (secondary N) is 1. The molecule has 0 fully saturated rings. The topological polar surface area (TPSA) is 104 Å². The van der Waals surface area contributed by atoms with Crippen LogP contribution >= 0.6 is 0 Å². The lowest BCUT2D eigenvalue weighted by Gasteiger charge is -2.14. The van der Waals surface area contributed by atoms with Gasteiger partial charge in [-0.05, 0) is 30.5 Å². The number of carbonyl (C=O) groups is 1. The van der Waals surface area contributed by atoms with E-state index in [9.17, 15) is 22.7 Å². The Morgan fingerprint density at radius 1 is 1.38 bits per heavy atom. The molecule has 21 heavy (non-hydrogen) atoms. The van der Waals surface area contributed by atoms with E-state index in [0.717, 1.165) is 12.1 Å². The van der Waals surface area contributed by atoms with Crippen LogP contribution in [0.5, 0.6) is 0 Å². The second kappa shape index (κ2) is 6.97. The Bertz CT molecular complexity index is 615. The van der Waals surface area contributed by atoms with Crippen molar-refractivity contribution < 1.29 is 27.8 Å². The van der Waals surface area contributed by atoms with Crippen molar-refractivity contribution in [2.24, 2.45) is 5.92 Å². The summed E-state index contributed by atoms with van der Waals surface area (Å²) in [6.07, 6.45) is -0.468. The zero-order valence-corrected chi connectivity index (χ0v) is 12.5. The average molecular weight is 319 g/mol. The van der Waals surface area contributed by atoms with E-state index < -0.39 is 32.8 Å². The number of aliphatic hydroxyl groups excluding tert-OH is 1. The van der Waals surface area contributed by atoms with Crippen molar-refractivity contribution in [2.75, 3.05) is 6.54 Å². The first-order chi connectivity index (χ1) is 9.63. The molecular formula is C13H18FNO5S. The second-order valence-corrected chi connectivity index (χ2v) is 6.82. The minimum atomic E-state index is -4.14. The normalized spacial score (nSPS) is 13.4. The van der Waals surface area contributed by atoms with Crippen LogP contribution in [0.4, 0.5) is 4.39 Å². The molecule has 0 heterocycles. The predicted octanol–water partition coefficient (Wildman–Crippen LogP) is 1.21. The fraction of sp³-hybridized carbons (Fsp3) is 0.462. The van der Waals surface area contributed by atoms with E-state index in [-0.39, 0.29) is 18.0 Å². The van der Waals surface area contributed by atoms with Crippen molar-refractivity contribution in [3.05, 3.63) is 29.6 Å². The van der Waals surface area contributed by atoms with Crippen LogP contribution in [0.15, 0.2) is 23.1 Å². The van der Waals surface area contributed by atoms with Gasteiger partial charge in [0.2, 0.25) is 10.0 Å². The van der Waals surface area contributed by atoms with Gasteiger partial charge >= 0.3 is 5.97 Å². The summed E-state index contributed by atoms with van der Waals surface area (Å²) in [4.78, 5) is 10.0. The summed E-state index contributed by atoms with van der Waals surface area (Å²) >= 11 is 0. The number of halogens is 1. The molecule has 0 saturated heterocycles. The number of hydrogen-bond acceptors (Lipinski definition) is 4. The van der Waals surface area contributed by atoms with Crippen molar-refractivity contribution >= 4 is 16.0 Å². The summed E-state index contributed by atoms with van der Waals surface area (Å²) in [6, 6.07) is 2.53. The highest BCUT2D eigenvalue weighted by atomic mass is 32.2. The van der Waals surface area contributed by atoms with Gasteiger partial charge in [-0.15, -0.1) is 0 Å². The van der Waals surface area contributed by atoms with Crippen LogP contribution in [-0.4, -0.2) is 37.2 Å². The molecule has 0 spiro atoms. The van der Waals surface area contributed by atoms with Crippen LogP contribution in [0.25, 0.3) is 0 Å². The molecule has 0 amide bonds. The van der Waals surface area contributed by atoms with Gasteiger partial charge in [0.25, 0.3) is 0 Å². The summed E-state index contributed by atoms with van der Waals surface area (Å²) in [5.74, 6) is -2.31. The monoisotopic (exact) mass is 319 g/mol. The molecule has 6 nitrogen and oxygen atoms in total. The van der Waals surface area contributed by atoms with Crippen LogP contribution < -0.4 is 4.72 Å². The molecule has 0 aliphatic carbocycles. The molecule has 1 aromatic carbocycles. The van der Waals surface area contributed by atoms with Crippen LogP contribution in [0.1, 0.15) is 30.6 Å². The number of carboxylic acid groups (broad SMARTS) is 1. The molecule has 3 N–H and O–H groups in total. The maximum absolute atomic E-state index is 13.7. The molecule has 0 saturated carbocycles. The number of aromatic carboxylic acids is 1. The smallest absolute Gasteiger partial charge is 0.335 e. The largest absolute Gasteiger partial charge is 0.478 e. The highest BCUT2D eigenvalue weighted by Gasteiger charge is 2.21. The van der Waals surface area contributed by atoms with E-state index in [2.05, 4.69) is 4.72 Å². The van der Waals surface area contributed by atoms with E-state index in [0.29, 0.717) is 12.5 Å². The Labute approximate surface area is 122 Å². The Balaban J connectivity index is 2.86. The molecule has 0 bridgehead atoms. The Morgan fingerprint density at radius 2 is 2.00 bits per heavy atom. The fourth-order valence-electron chi connectivity index (χ4n) is 1.76. The number of benzene rings is 1. The first-order valence-corrected chi connectivity index (χ1v) is 7.82. The third-order valence-corrected chi connectivity index (χ3v) is 4.18. The maximum atomic E-state index is 13.7. The first-order valence-electron chi connectivity index (χ1n) is 6.34. The zero-order chi connectivity index (χ0) is 16.2. The van der Waals surface area contributed by atoms with E-state index in [1.807, 2.05) is 13.8 Å². The van der Waals surface area contributed by atoms with Crippen LogP contribution in [-0.2, 0) is 10.0 Å². The maximum Gasteiger partial charge on any atom is 0.335 e. The molecular weight excluding hydrogens is 301 g/mol. The number of carboxylic acids is 1. The van der Waals surface area contributed by atoms with Gasteiger partial charge in [-0.2, -0.15) is 0 Å². The van der Waals surface area contributed by atoms with E-state index in [4.69, 9.17) is 5.11 Å². The lowest BCUT2D eigenvalue weighted by atomic mass is 10.1. The second-order valence-electron chi connectivity index (χ2n) is 5.09. The van der Waals surface area contributed by atoms with Gasteiger partial charge in [0.15, 0.2) is 0 Å². The van der Waals surface area contributed by atoms with Crippen LogP contribution in [0.2, 0.25) is 0 Å². The third-order valence-electron chi connectivity index (χ3n) is 2.72. The van der Waals surface area contributed by atoms with Gasteiger partial charge in [0.1, 0.15) is 10.7 Å². The molecule has 1 atom stereocenters. The summed E-state index contributed by atoms with van der Waals surface area (Å²) in [5, 5.41) is 18.3. The summed E-state index contributed by atoms with van der Waals surface area (Å²) in [5.41, 5.74) is -0.341. The lowest BCUT2D eigenvalue weighted by molar-refractivity contribution is 0.0696. The molecule has 8 heteroatoms. The van der Waals surface area contributed by atoms with Crippen molar-refractivity contribution in [3.63, 3.8) is 0 Å². The highest BCUT2D eigenvalue weighted by molar-refractivity contribution is 7.89. The molecule has 1 rings (SSSR count). The zero-order valence-electron chi connectivity index (χ0n) is 11.7. The summed E-state index contributed by atoms with van der Waals surface area (Å²) < 4.78 is 39.6. The number of rotatable bonds is 7. The van der Waals surface area contributed by atoms with Crippen molar-refractivity contribution in [1.29, 1.82) is 0 Å². The van der Waals surface area contributed by atoms with Gasteiger partial charge in [-0.3, -0.25) is 0 Å². The van der Waals surface area contributed by atoms with Crippen molar-refractivity contribution in [2.45, 2.75) is 31.3 Å². The molecule has 1 unspecified atom stereocenters. The first kappa shape index (κ1) is 17.5. The molecule has 0 aromatic heterocycles. The molecule has 118 valence electrons. The number of sulfonamides is 1. The standard InChI is InChI=1S/C13H18FNO5S/c1-8(2)5-10(16)7-15-21(19,20)12-4-3-9(13(17)18)6-11(12)14/h3-4,6,8,10,15-16H,5,7H2,1-2H3,(H,17,18). The van der Waals surface area contributed by atoms with Gasteiger partial charge < -0.3 is 10.2 Å². The minimum absolute atomic E-state index is 0.191. The average Bonchev–Trinajstić information content (AvgIpc) is 2.35. The third kappa shape index (κ3) is 5.07. The molecule has 0 aliphatic rings. The molecule has 0 aliphatic heterocycles. The Hall–Kier alpha value is -1.51. The van der Waals surface area contributed by atoms with Crippen LogP contribution in [0, 0.1) is 11.7 Å². The molecule has 1 aromatic rings. The van der Waals surface area contributed by atoms with Gasteiger partial charge in [0, 0.05) is 6.54 Å². The van der Waals surface area contributed by atoms with Gasteiger partial charge in [0.05, 0.1) is 11.7 Å². The van der Waals surface area contributed by atoms with E-state index in [1.165, 1.54) is 0 Å². The number of hydrogen-bond donors (Lipinski definition) is 3. The lowest BCUT2D eigenvalue weighted by Crippen LogP contribution is -2.33. The molecule has 0 radical (unpaired) electrons. The van der Waals surface area contributed by atoms with E-state index >= 15 is 0 Å². The van der Waals surface area contributed by atoms with E-state index in [1.54, 1.807) is 0 Å². The van der Waals surface area contributed by atoms with Crippen molar-refractivity contribution in [1.82, 2.24) is 4.72 Å². The van der Waals surface area contributed by atoms with Gasteiger partial charge in [-0.1, -0.05) is 13.8 Å². The van der Waals surface area contributed by atoms with Crippen molar-refractivity contribution in [3.8, 4) is 0 Å². The fourth-order valence-corrected chi connectivity index (χ4v) is 2.89. The Morgan fingerprint density at radius 3 is 2.48 bits per heavy atom. The Kier molecular flexibility index (Phi) is 5.82. The highest BCUT2D eigenvalue weighted by Crippen LogP contribution is 2.16. The predicted molar refractivity (Wildman–Crippen MR) is 74.0 cm³/mol. The summed E-state index contributed by atoms with van der Waals surface area (Å²) in [6.45, 7) is 3.52. The number of aliphatic hydroxyl groups is 1. The van der Waals surface area contributed by atoms with Gasteiger partial charge in [-0.25, -0.2) is 22.3 Å².